The fourth-order valence-corrected chi connectivity index (χ4v) is 6.18. The maximum Gasteiger partial charge on any atom is 0.264 e. The SMILES string of the molecule is CC1CCCN(c2ccc(C(C)NC(=O)CN(c3cccc(Cl)c3)S(=O)(=O)c3ccccc3)cc2)C1. The van der Waals surface area contributed by atoms with Crippen LogP contribution in [0.25, 0.3) is 0 Å². The van der Waals surface area contributed by atoms with Crippen molar-refractivity contribution < 1.29 is 13.2 Å². The Morgan fingerprint density at radius 1 is 1.08 bits per heavy atom. The van der Waals surface area contributed by atoms with E-state index in [1.807, 2.05) is 19.1 Å². The molecule has 6 nitrogen and oxygen atoms in total. The van der Waals surface area contributed by atoms with Gasteiger partial charge in [0.15, 0.2) is 0 Å². The van der Waals surface area contributed by atoms with Gasteiger partial charge in [0, 0.05) is 23.8 Å². The maximum absolute atomic E-state index is 13.4. The predicted molar refractivity (Wildman–Crippen MR) is 146 cm³/mol. The second-order valence-corrected chi connectivity index (χ2v) is 11.7. The van der Waals surface area contributed by atoms with Crippen molar-refractivity contribution in [3.8, 4) is 0 Å². The molecule has 2 unspecified atom stereocenters. The Hall–Kier alpha value is -3.03. The van der Waals surface area contributed by atoms with Gasteiger partial charge in [0.1, 0.15) is 6.54 Å². The summed E-state index contributed by atoms with van der Waals surface area (Å²) in [5.41, 5.74) is 2.47. The third kappa shape index (κ3) is 6.20. The zero-order valence-corrected chi connectivity index (χ0v) is 22.2. The molecule has 0 spiro atoms. The van der Waals surface area contributed by atoms with Crippen LogP contribution in [0.5, 0.6) is 0 Å². The fourth-order valence-electron chi connectivity index (χ4n) is 4.56. The zero-order valence-electron chi connectivity index (χ0n) is 20.6. The van der Waals surface area contributed by atoms with Crippen molar-refractivity contribution in [3.05, 3.63) is 89.4 Å². The molecule has 0 radical (unpaired) electrons. The molecule has 1 aliphatic rings. The van der Waals surface area contributed by atoms with E-state index in [1.54, 1.807) is 42.5 Å². The van der Waals surface area contributed by atoms with Crippen molar-refractivity contribution in [1.29, 1.82) is 0 Å². The van der Waals surface area contributed by atoms with Crippen LogP contribution in [-0.2, 0) is 14.8 Å². The van der Waals surface area contributed by atoms with E-state index in [2.05, 4.69) is 29.3 Å². The number of sulfonamides is 1. The Balaban J connectivity index is 1.49. The van der Waals surface area contributed by atoms with Crippen LogP contribution in [0.4, 0.5) is 11.4 Å². The van der Waals surface area contributed by atoms with E-state index < -0.39 is 15.9 Å². The van der Waals surface area contributed by atoms with Crippen molar-refractivity contribution in [1.82, 2.24) is 5.32 Å². The number of halogens is 1. The lowest BCUT2D eigenvalue weighted by Crippen LogP contribution is -2.41. The lowest BCUT2D eigenvalue weighted by Gasteiger charge is -2.33. The topological polar surface area (TPSA) is 69.7 Å². The summed E-state index contributed by atoms with van der Waals surface area (Å²) in [6.07, 6.45) is 2.47. The first-order chi connectivity index (χ1) is 17.2. The number of hydrogen-bond acceptors (Lipinski definition) is 4. The number of rotatable bonds is 8. The van der Waals surface area contributed by atoms with Crippen molar-refractivity contribution >= 4 is 38.9 Å². The molecule has 0 aromatic heterocycles. The molecule has 1 fully saturated rings. The fraction of sp³-hybridized carbons (Fsp3) is 0.321. The monoisotopic (exact) mass is 525 g/mol. The number of carbonyl (C=O) groups is 1. The minimum absolute atomic E-state index is 0.105. The van der Waals surface area contributed by atoms with Crippen LogP contribution in [0.3, 0.4) is 0 Å². The molecule has 3 aromatic carbocycles. The highest BCUT2D eigenvalue weighted by Crippen LogP contribution is 2.27. The third-order valence-corrected chi connectivity index (χ3v) is 8.53. The lowest BCUT2D eigenvalue weighted by atomic mass is 9.99. The third-order valence-electron chi connectivity index (χ3n) is 6.51. The Morgan fingerprint density at radius 3 is 2.47 bits per heavy atom. The number of piperidine rings is 1. The van der Waals surface area contributed by atoms with Gasteiger partial charge in [0.2, 0.25) is 5.91 Å². The van der Waals surface area contributed by atoms with Crippen LogP contribution >= 0.6 is 11.6 Å². The van der Waals surface area contributed by atoms with Crippen LogP contribution in [0.2, 0.25) is 5.02 Å². The summed E-state index contributed by atoms with van der Waals surface area (Å²) >= 11 is 6.14. The first-order valence-corrected chi connectivity index (χ1v) is 14.0. The normalized spacial score (nSPS) is 16.9. The van der Waals surface area contributed by atoms with E-state index in [0.29, 0.717) is 16.6 Å². The van der Waals surface area contributed by atoms with E-state index in [1.165, 1.54) is 30.7 Å². The number of hydrogen-bond donors (Lipinski definition) is 1. The molecule has 1 aliphatic heterocycles. The minimum Gasteiger partial charge on any atom is -0.371 e. The highest BCUT2D eigenvalue weighted by molar-refractivity contribution is 7.92. The van der Waals surface area contributed by atoms with E-state index >= 15 is 0 Å². The Kier molecular flexibility index (Phi) is 8.21. The van der Waals surface area contributed by atoms with Crippen LogP contribution in [0.1, 0.15) is 38.3 Å². The van der Waals surface area contributed by atoms with Gasteiger partial charge in [-0.15, -0.1) is 0 Å². The quantitative estimate of drug-likeness (QED) is 0.412. The number of amides is 1. The second kappa shape index (κ2) is 11.4. The van der Waals surface area contributed by atoms with Gasteiger partial charge in [-0.2, -0.15) is 0 Å². The molecule has 8 heteroatoms. The molecule has 0 saturated carbocycles. The number of benzene rings is 3. The molecule has 1 amide bonds. The van der Waals surface area contributed by atoms with E-state index in [-0.39, 0.29) is 17.5 Å². The summed E-state index contributed by atoms with van der Waals surface area (Å²) < 4.78 is 28.0. The molecule has 1 saturated heterocycles. The number of nitrogens with one attached hydrogen (secondary N) is 1. The smallest absolute Gasteiger partial charge is 0.264 e. The summed E-state index contributed by atoms with van der Waals surface area (Å²) in [4.78, 5) is 15.6. The van der Waals surface area contributed by atoms with Crippen molar-refractivity contribution in [2.45, 2.75) is 37.6 Å². The van der Waals surface area contributed by atoms with Crippen LogP contribution in [-0.4, -0.2) is 34.0 Å². The van der Waals surface area contributed by atoms with Crippen molar-refractivity contribution in [2.75, 3.05) is 28.8 Å². The summed E-state index contributed by atoms with van der Waals surface area (Å²) in [6.45, 7) is 5.92. The number of nitrogens with zero attached hydrogens (tertiary/aromatic N) is 2. The van der Waals surface area contributed by atoms with E-state index in [4.69, 9.17) is 11.6 Å². The van der Waals surface area contributed by atoms with Gasteiger partial charge >= 0.3 is 0 Å². The largest absolute Gasteiger partial charge is 0.371 e. The molecular formula is C28H32ClN3O3S. The molecule has 1 heterocycles. The average Bonchev–Trinajstić information content (AvgIpc) is 2.88. The highest BCUT2D eigenvalue weighted by atomic mass is 35.5. The standard InChI is InChI=1S/C28H32ClN3O3S/c1-21-8-7-17-31(19-21)25-15-13-23(14-16-25)22(2)30-28(33)20-32(26-10-6-9-24(29)18-26)36(34,35)27-11-4-3-5-12-27/h3-6,9-16,18,21-22H,7-8,17,19-20H2,1-2H3,(H,30,33). The van der Waals surface area contributed by atoms with Gasteiger partial charge in [-0.1, -0.05) is 54.9 Å². The van der Waals surface area contributed by atoms with Crippen LogP contribution in [0, 0.1) is 5.92 Å². The van der Waals surface area contributed by atoms with Gasteiger partial charge in [-0.3, -0.25) is 9.10 Å². The van der Waals surface area contributed by atoms with E-state index in [0.717, 1.165) is 23.0 Å². The zero-order chi connectivity index (χ0) is 25.7. The Bertz CT molecular complexity index is 1280. The first-order valence-electron chi connectivity index (χ1n) is 12.2. The maximum atomic E-state index is 13.4. The summed E-state index contributed by atoms with van der Waals surface area (Å²) in [7, 11) is -3.98. The minimum atomic E-state index is -3.98. The van der Waals surface area contributed by atoms with E-state index in [9.17, 15) is 13.2 Å². The van der Waals surface area contributed by atoms with Gasteiger partial charge in [0.05, 0.1) is 16.6 Å². The number of anilines is 2. The average molecular weight is 526 g/mol. The van der Waals surface area contributed by atoms with Gasteiger partial charge in [0.25, 0.3) is 10.0 Å². The van der Waals surface area contributed by atoms with Crippen LogP contribution in [0.15, 0.2) is 83.8 Å². The summed E-state index contributed by atoms with van der Waals surface area (Å²) in [5.74, 6) is 0.280. The molecule has 190 valence electrons. The second-order valence-electron chi connectivity index (χ2n) is 9.38. The molecule has 3 aromatic rings. The summed E-state index contributed by atoms with van der Waals surface area (Å²) in [6, 6.07) is 22.5. The molecule has 1 N–H and O–H groups in total. The predicted octanol–water partition coefficient (Wildman–Crippen LogP) is 5.65. The van der Waals surface area contributed by atoms with Crippen molar-refractivity contribution in [2.24, 2.45) is 5.92 Å². The van der Waals surface area contributed by atoms with Crippen LogP contribution < -0.4 is 14.5 Å². The lowest BCUT2D eigenvalue weighted by molar-refractivity contribution is -0.120. The Morgan fingerprint density at radius 2 is 1.81 bits per heavy atom. The van der Waals surface area contributed by atoms with Gasteiger partial charge < -0.3 is 10.2 Å². The Labute approximate surface area is 218 Å². The molecule has 0 aliphatic carbocycles. The molecule has 4 rings (SSSR count). The number of carbonyl (C=O) groups excluding carboxylic acids is 1. The molecule has 36 heavy (non-hydrogen) atoms. The van der Waals surface area contributed by atoms with Gasteiger partial charge in [-0.05, 0) is 73.7 Å². The van der Waals surface area contributed by atoms with Gasteiger partial charge in [-0.25, -0.2) is 8.42 Å². The molecule has 2 atom stereocenters. The van der Waals surface area contributed by atoms with Crippen molar-refractivity contribution in [3.63, 3.8) is 0 Å². The highest BCUT2D eigenvalue weighted by Gasteiger charge is 2.28. The summed E-state index contributed by atoms with van der Waals surface area (Å²) in [5, 5.41) is 3.34. The molecular weight excluding hydrogens is 494 g/mol. The molecule has 0 bridgehead atoms. The first kappa shape index (κ1) is 26.0.